The van der Waals surface area contributed by atoms with Crippen molar-refractivity contribution >= 4 is 27.2 Å². The van der Waals surface area contributed by atoms with E-state index in [0.717, 1.165) is 0 Å². The maximum absolute atomic E-state index is 11.8. The Balaban J connectivity index is 4.45. The number of hydrogen-bond acceptors (Lipinski definition) is 3. The van der Waals surface area contributed by atoms with Crippen LogP contribution in [0.25, 0.3) is 0 Å². The van der Waals surface area contributed by atoms with Gasteiger partial charge >= 0.3 is 0 Å². The van der Waals surface area contributed by atoms with Crippen molar-refractivity contribution in [1.29, 1.82) is 0 Å². The van der Waals surface area contributed by atoms with Crippen LogP contribution in [0.15, 0.2) is 0 Å². The zero-order valence-corrected chi connectivity index (χ0v) is 11.2. The lowest BCUT2D eigenvalue weighted by molar-refractivity contribution is 0.461. The van der Waals surface area contributed by atoms with Crippen LogP contribution in [0.3, 0.4) is 0 Å². The van der Waals surface area contributed by atoms with Crippen LogP contribution < -0.4 is 5.73 Å². The monoisotopic (exact) mass is 252 g/mol. The SMILES string of the molecule is CCN(CC(N)=S)S(=O)(=O)CCC(C)C. The summed E-state index contributed by atoms with van der Waals surface area (Å²) in [5, 5.41) is 0. The maximum atomic E-state index is 11.8. The molecular formula is C9H20N2O2S2. The van der Waals surface area contributed by atoms with Crippen LogP contribution in [0.1, 0.15) is 27.2 Å². The van der Waals surface area contributed by atoms with Crippen molar-refractivity contribution in [3.63, 3.8) is 0 Å². The van der Waals surface area contributed by atoms with E-state index in [1.165, 1.54) is 4.31 Å². The van der Waals surface area contributed by atoms with Gasteiger partial charge in [0.05, 0.1) is 17.3 Å². The number of likely N-dealkylation sites (N-methyl/N-ethyl adjacent to an activating group) is 1. The summed E-state index contributed by atoms with van der Waals surface area (Å²) in [6.07, 6.45) is 0.663. The first-order chi connectivity index (χ1) is 6.79. The largest absolute Gasteiger partial charge is 0.392 e. The standard InChI is InChI=1S/C9H20N2O2S2/c1-4-11(7-9(10)14)15(12,13)6-5-8(2)3/h8H,4-7H2,1-3H3,(H2,10,14). The highest BCUT2D eigenvalue weighted by Gasteiger charge is 2.20. The Kier molecular flexibility index (Phi) is 6.31. The Morgan fingerprint density at radius 2 is 2.00 bits per heavy atom. The van der Waals surface area contributed by atoms with Crippen LogP contribution >= 0.6 is 12.2 Å². The van der Waals surface area contributed by atoms with Crippen molar-refractivity contribution in [3.05, 3.63) is 0 Å². The van der Waals surface area contributed by atoms with Gasteiger partial charge < -0.3 is 5.73 Å². The van der Waals surface area contributed by atoms with Gasteiger partial charge in [-0.2, -0.15) is 4.31 Å². The molecule has 0 aromatic carbocycles. The van der Waals surface area contributed by atoms with Crippen LogP contribution in [0.5, 0.6) is 0 Å². The fraction of sp³-hybridized carbons (Fsp3) is 0.889. The number of rotatable bonds is 7. The minimum Gasteiger partial charge on any atom is -0.392 e. The molecule has 6 heteroatoms. The molecule has 0 aromatic rings. The van der Waals surface area contributed by atoms with Gasteiger partial charge in [-0.15, -0.1) is 0 Å². The van der Waals surface area contributed by atoms with Crippen molar-refractivity contribution in [2.24, 2.45) is 11.7 Å². The smallest absolute Gasteiger partial charge is 0.214 e. The van der Waals surface area contributed by atoms with Crippen LogP contribution in [-0.2, 0) is 10.0 Å². The lowest BCUT2D eigenvalue weighted by Gasteiger charge is -2.20. The number of nitrogens with two attached hydrogens (primary N) is 1. The van der Waals surface area contributed by atoms with E-state index in [4.69, 9.17) is 18.0 Å². The molecule has 0 aromatic heterocycles. The predicted octanol–water partition coefficient (Wildman–Crippen LogP) is 0.970. The van der Waals surface area contributed by atoms with Gasteiger partial charge in [-0.3, -0.25) is 0 Å². The van der Waals surface area contributed by atoms with Gasteiger partial charge in [0.2, 0.25) is 10.0 Å². The molecule has 4 nitrogen and oxygen atoms in total. The molecule has 0 amide bonds. The van der Waals surface area contributed by atoms with E-state index in [1.54, 1.807) is 6.92 Å². The Labute approximate surface area is 97.9 Å². The summed E-state index contributed by atoms with van der Waals surface area (Å²) in [7, 11) is -3.20. The van der Waals surface area contributed by atoms with Crippen molar-refractivity contribution < 1.29 is 8.42 Å². The summed E-state index contributed by atoms with van der Waals surface area (Å²) in [5.41, 5.74) is 5.35. The third-order valence-corrected chi connectivity index (χ3v) is 4.09. The van der Waals surface area contributed by atoms with Crippen LogP contribution in [0.2, 0.25) is 0 Å². The summed E-state index contributed by atoms with van der Waals surface area (Å²) < 4.78 is 25.0. The van der Waals surface area contributed by atoms with Crippen LogP contribution in [-0.4, -0.2) is 36.6 Å². The molecule has 0 saturated heterocycles. The van der Waals surface area contributed by atoms with Gasteiger partial charge in [-0.25, -0.2) is 8.42 Å². The summed E-state index contributed by atoms with van der Waals surface area (Å²) in [6.45, 7) is 6.34. The average molecular weight is 252 g/mol. The fourth-order valence-corrected chi connectivity index (χ4v) is 3.09. The Morgan fingerprint density at radius 1 is 1.47 bits per heavy atom. The molecule has 0 atom stereocenters. The van der Waals surface area contributed by atoms with Crippen molar-refractivity contribution in [2.75, 3.05) is 18.8 Å². The number of thiocarbonyl (C=S) groups is 1. The Morgan fingerprint density at radius 3 is 2.33 bits per heavy atom. The number of sulfonamides is 1. The molecule has 2 N–H and O–H groups in total. The highest BCUT2D eigenvalue weighted by atomic mass is 32.2. The summed E-state index contributed by atoms with van der Waals surface area (Å²) in [4.78, 5) is 0.213. The van der Waals surface area contributed by atoms with Gasteiger partial charge in [0.1, 0.15) is 0 Å². The number of hydrogen-bond donors (Lipinski definition) is 1. The quantitative estimate of drug-likeness (QED) is 0.686. The maximum Gasteiger partial charge on any atom is 0.214 e. The van der Waals surface area contributed by atoms with Crippen molar-refractivity contribution in [2.45, 2.75) is 27.2 Å². The molecule has 0 spiro atoms. The highest BCUT2D eigenvalue weighted by Crippen LogP contribution is 2.07. The van der Waals surface area contributed by atoms with Gasteiger partial charge in [-0.1, -0.05) is 33.0 Å². The van der Waals surface area contributed by atoms with Crippen molar-refractivity contribution in [3.8, 4) is 0 Å². The molecule has 0 heterocycles. The van der Waals surface area contributed by atoms with Gasteiger partial charge in [0.25, 0.3) is 0 Å². The van der Waals surface area contributed by atoms with E-state index in [9.17, 15) is 8.42 Å². The summed E-state index contributed by atoms with van der Waals surface area (Å²) in [6, 6.07) is 0. The lowest BCUT2D eigenvalue weighted by Crippen LogP contribution is -2.39. The lowest BCUT2D eigenvalue weighted by atomic mass is 10.2. The van der Waals surface area contributed by atoms with Crippen LogP contribution in [0.4, 0.5) is 0 Å². The zero-order valence-electron chi connectivity index (χ0n) is 9.56. The van der Waals surface area contributed by atoms with Crippen molar-refractivity contribution in [1.82, 2.24) is 4.31 Å². The fourth-order valence-electron chi connectivity index (χ4n) is 1.09. The molecule has 90 valence electrons. The summed E-state index contributed by atoms with van der Waals surface area (Å²) >= 11 is 4.71. The summed E-state index contributed by atoms with van der Waals surface area (Å²) in [5.74, 6) is 0.546. The minimum absolute atomic E-state index is 0.145. The third kappa shape index (κ3) is 6.06. The molecule has 0 aliphatic rings. The normalized spacial score (nSPS) is 12.3. The topological polar surface area (TPSA) is 63.4 Å². The second-order valence-corrected chi connectivity index (χ2v) is 6.50. The molecule has 0 radical (unpaired) electrons. The van der Waals surface area contributed by atoms with E-state index in [0.29, 0.717) is 18.9 Å². The minimum atomic E-state index is -3.20. The van der Waals surface area contributed by atoms with E-state index < -0.39 is 10.0 Å². The predicted molar refractivity (Wildman–Crippen MR) is 67.3 cm³/mol. The second kappa shape index (κ2) is 6.40. The molecule has 0 aliphatic heterocycles. The first-order valence-corrected chi connectivity index (χ1v) is 7.07. The van der Waals surface area contributed by atoms with E-state index in [1.807, 2.05) is 13.8 Å². The van der Waals surface area contributed by atoms with E-state index in [2.05, 4.69) is 0 Å². The average Bonchev–Trinajstić information content (AvgIpc) is 2.10. The molecule has 0 fully saturated rings. The zero-order chi connectivity index (χ0) is 12.1. The van der Waals surface area contributed by atoms with Gasteiger partial charge in [-0.05, 0) is 12.3 Å². The Bertz CT molecular complexity index is 299. The highest BCUT2D eigenvalue weighted by molar-refractivity contribution is 7.89. The Hall–Kier alpha value is -0.200. The number of nitrogens with zero attached hydrogens (tertiary/aromatic N) is 1. The molecule has 0 saturated carbocycles. The molecule has 0 bridgehead atoms. The van der Waals surface area contributed by atoms with E-state index in [-0.39, 0.29) is 17.3 Å². The molecule has 0 unspecified atom stereocenters. The molecular weight excluding hydrogens is 232 g/mol. The second-order valence-electron chi connectivity index (χ2n) is 3.89. The molecule has 15 heavy (non-hydrogen) atoms. The van der Waals surface area contributed by atoms with Crippen LogP contribution in [0, 0.1) is 5.92 Å². The molecule has 0 rings (SSSR count). The van der Waals surface area contributed by atoms with Gasteiger partial charge in [0, 0.05) is 6.54 Å². The first kappa shape index (κ1) is 14.8. The first-order valence-electron chi connectivity index (χ1n) is 5.05. The third-order valence-electron chi connectivity index (χ3n) is 2.03. The molecule has 0 aliphatic carbocycles. The van der Waals surface area contributed by atoms with Gasteiger partial charge in [0.15, 0.2) is 0 Å². The van der Waals surface area contributed by atoms with E-state index >= 15 is 0 Å².